The van der Waals surface area contributed by atoms with E-state index in [0.717, 1.165) is 30.0 Å². The average Bonchev–Trinajstić information content (AvgIpc) is 3.14. The highest BCUT2D eigenvalue weighted by atomic mass is 16.5. The third-order valence-electron chi connectivity index (χ3n) is 5.58. The van der Waals surface area contributed by atoms with Crippen LogP contribution in [0.15, 0.2) is 24.3 Å². The van der Waals surface area contributed by atoms with Gasteiger partial charge < -0.3 is 10.1 Å². The zero-order chi connectivity index (χ0) is 14.7. The van der Waals surface area contributed by atoms with Crippen LogP contribution >= 0.6 is 0 Å². The highest BCUT2D eigenvalue weighted by molar-refractivity contribution is 5.29. The Morgan fingerprint density at radius 2 is 2.00 bits per heavy atom. The summed E-state index contributed by atoms with van der Waals surface area (Å²) in [4.78, 5) is 0. The summed E-state index contributed by atoms with van der Waals surface area (Å²) < 4.78 is 5.28. The molecule has 4 atom stereocenters. The molecule has 116 valence electrons. The van der Waals surface area contributed by atoms with E-state index in [4.69, 9.17) is 4.74 Å². The van der Waals surface area contributed by atoms with E-state index in [-0.39, 0.29) is 0 Å². The van der Waals surface area contributed by atoms with E-state index in [1.807, 2.05) is 0 Å². The van der Waals surface area contributed by atoms with E-state index in [0.29, 0.717) is 6.04 Å². The van der Waals surface area contributed by atoms with E-state index in [1.165, 1.54) is 44.1 Å². The zero-order valence-corrected chi connectivity index (χ0v) is 13.5. The number of fused-ring (bicyclic) bond motifs is 2. The molecule has 3 rings (SSSR count). The highest BCUT2D eigenvalue weighted by Crippen LogP contribution is 2.50. The normalized spacial score (nSPS) is 28.8. The molecule has 4 unspecified atom stereocenters. The van der Waals surface area contributed by atoms with Gasteiger partial charge in [0.25, 0.3) is 0 Å². The molecule has 1 N–H and O–H groups in total. The Morgan fingerprint density at radius 1 is 1.19 bits per heavy atom. The van der Waals surface area contributed by atoms with Crippen LogP contribution in [-0.2, 0) is 0 Å². The number of benzene rings is 1. The van der Waals surface area contributed by atoms with Crippen molar-refractivity contribution in [3.63, 3.8) is 0 Å². The van der Waals surface area contributed by atoms with E-state index < -0.39 is 0 Å². The molecule has 0 radical (unpaired) electrons. The van der Waals surface area contributed by atoms with Crippen LogP contribution < -0.4 is 10.1 Å². The van der Waals surface area contributed by atoms with Crippen LogP contribution in [0.4, 0.5) is 0 Å². The van der Waals surface area contributed by atoms with Crippen molar-refractivity contribution in [2.75, 3.05) is 13.7 Å². The quantitative estimate of drug-likeness (QED) is 0.793. The Bertz CT molecular complexity index is 441. The largest absolute Gasteiger partial charge is 0.497 e. The molecule has 0 aromatic heterocycles. The van der Waals surface area contributed by atoms with E-state index in [9.17, 15) is 0 Å². The van der Waals surface area contributed by atoms with Gasteiger partial charge in [0.1, 0.15) is 5.75 Å². The van der Waals surface area contributed by atoms with Gasteiger partial charge in [-0.25, -0.2) is 0 Å². The van der Waals surface area contributed by atoms with Crippen molar-refractivity contribution in [2.24, 2.45) is 17.8 Å². The second-order valence-electron chi connectivity index (χ2n) is 6.95. The van der Waals surface area contributed by atoms with Crippen molar-refractivity contribution >= 4 is 0 Å². The van der Waals surface area contributed by atoms with E-state index in [1.54, 1.807) is 7.11 Å². The van der Waals surface area contributed by atoms with Crippen LogP contribution in [0.1, 0.15) is 57.1 Å². The van der Waals surface area contributed by atoms with Gasteiger partial charge >= 0.3 is 0 Å². The maximum absolute atomic E-state index is 5.28. The molecule has 0 saturated heterocycles. The molecule has 2 fully saturated rings. The minimum absolute atomic E-state index is 0.514. The summed E-state index contributed by atoms with van der Waals surface area (Å²) in [6.07, 6.45) is 8.48. The third kappa shape index (κ3) is 3.42. The van der Waals surface area contributed by atoms with Gasteiger partial charge in [0.15, 0.2) is 0 Å². The van der Waals surface area contributed by atoms with Crippen LogP contribution in [0.3, 0.4) is 0 Å². The first kappa shape index (κ1) is 14.9. The van der Waals surface area contributed by atoms with Gasteiger partial charge in [0.2, 0.25) is 0 Å². The first-order chi connectivity index (χ1) is 10.3. The fourth-order valence-electron chi connectivity index (χ4n) is 4.46. The minimum atomic E-state index is 0.514. The summed E-state index contributed by atoms with van der Waals surface area (Å²) in [5.74, 6) is 3.95. The molecule has 0 aliphatic heterocycles. The van der Waals surface area contributed by atoms with Gasteiger partial charge in [-0.1, -0.05) is 25.5 Å². The predicted octanol–water partition coefficient (Wildman–Crippen LogP) is 4.56. The minimum Gasteiger partial charge on any atom is -0.497 e. The summed E-state index contributed by atoms with van der Waals surface area (Å²) in [5, 5.41) is 3.77. The Balaban J connectivity index is 1.67. The molecule has 0 heterocycles. The lowest BCUT2D eigenvalue weighted by Gasteiger charge is -2.28. The Kier molecular flexibility index (Phi) is 4.84. The van der Waals surface area contributed by atoms with Crippen molar-refractivity contribution in [2.45, 2.75) is 51.5 Å². The van der Waals surface area contributed by atoms with Crippen LogP contribution in [-0.4, -0.2) is 13.7 Å². The van der Waals surface area contributed by atoms with Gasteiger partial charge in [-0.3, -0.25) is 0 Å². The molecular weight excluding hydrogens is 258 g/mol. The second kappa shape index (κ2) is 6.83. The monoisotopic (exact) mass is 287 g/mol. The Hall–Kier alpha value is -1.02. The van der Waals surface area contributed by atoms with Gasteiger partial charge in [0, 0.05) is 6.04 Å². The molecule has 0 amide bonds. The third-order valence-corrected chi connectivity index (χ3v) is 5.58. The lowest BCUT2D eigenvalue weighted by Crippen LogP contribution is -2.26. The van der Waals surface area contributed by atoms with Crippen molar-refractivity contribution < 1.29 is 4.74 Å². The van der Waals surface area contributed by atoms with Crippen LogP contribution in [0.25, 0.3) is 0 Å². The van der Waals surface area contributed by atoms with E-state index in [2.05, 4.69) is 36.5 Å². The maximum Gasteiger partial charge on any atom is 0.118 e. The molecule has 0 spiro atoms. The van der Waals surface area contributed by atoms with Crippen molar-refractivity contribution in [3.8, 4) is 5.75 Å². The maximum atomic E-state index is 5.28. The SMILES string of the molecule is CCCNC(CC1CC2CCC1C2)c1ccc(OC)cc1. The number of rotatable bonds is 7. The van der Waals surface area contributed by atoms with Gasteiger partial charge in [-0.15, -0.1) is 0 Å². The number of ether oxygens (including phenoxy) is 1. The predicted molar refractivity (Wildman–Crippen MR) is 87.6 cm³/mol. The molecule has 2 heteroatoms. The number of hydrogen-bond acceptors (Lipinski definition) is 2. The van der Waals surface area contributed by atoms with Crippen LogP contribution in [0, 0.1) is 17.8 Å². The van der Waals surface area contributed by atoms with Crippen LogP contribution in [0.2, 0.25) is 0 Å². The summed E-state index contributed by atoms with van der Waals surface area (Å²) in [6, 6.07) is 9.17. The van der Waals surface area contributed by atoms with Crippen molar-refractivity contribution in [1.29, 1.82) is 0 Å². The topological polar surface area (TPSA) is 21.3 Å². The van der Waals surface area contributed by atoms with Gasteiger partial charge in [-0.2, -0.15) is 0 Å². The summed E-state index contributed by atoms with van der Waals surface area (Å²) in [7, 11) is 1.73. The van der Waals surface area contributed by atoms with Crippen molar-refractivity contribution in [3.05, 3.63) is 29.8 Å². The number of methoxy groups -OCH3 is 1. The lowest BCUT2D eigenvalue weighted by atomic mass is 9.82. The van der Waals surface area contributed by atoms with Crippen molar-refractivity contribution in [1.82, 2.24) is 5.32 Å². The van der Waals surface area contributed by atoms with Crippen LogP contribution in [0.5, 0.6) is 5.75 Å². The number of hydrogen-bond donors (Lipinski definition) is 1. The first-order valence-electron chi connectivity index (χ1n) is 8.67. The molecule has 1 aromatic carbocycles. The molecule has 2 saturated carbocycles. The Morgan fingerprint density at radius 3 is 2.57 bits per heavy atom. The lowest BCUT2D eigenvalue weighted by molar-refractivity contribution is 0.279. The zero-order valence-electron chi connectivity index (χ0n) is 13.5. The fraction of sp³-hybridized carbons (Fsp3) is 0.684. The molecule has 21 heavy (non-hydrogen) atoms. The summed E-state index contributed by atoms with van der Waals surface area (Å²) >= 11 is 0. The highest BCUT2D eigenvalue weighted by Gasteiger charge is 2.40. The second-order valence-corrected chi connectivity index (χ2v) is 6.95. The first-order valence-corrected chi connectivity index (χ1v) is 8.67. The molecule has 1 aromatic rings. The number of nitrogens with one attached hydrogen (secondary N) is 1. The molecule has 2 bridgehead atoms. The average molecular weight is 287 g/mol. The fourth-order valence-corrected chi connectivity index (χ4v) is 4.46. The molecule has 2 aliphatic rings. The molecule has 2 nitrogen and oxygen atoms in total. The molecule has 2 aliphatic carbocycles. The summed E-state index contributed by atoms with van der Waals surface area (Å²) in [6.45, 7) is 3.35. The standard InChI is InChI=1S/C19H29NO/c1-3-10-20-19(15-6-8-18(21-2)9-7-15)13-17-12-14-4-5-16(17)11-14/h6-9,14,16-17,19-20H,3-5,10-13H2,1-2H3. The Labute approximate surface area is 129 Å². The van der Waals surface area contributed by atoms with Gasteiger partial charge in [-0.05, 0) is 74.1 Å². The van der Waals surface area contributed by atoms with E-state index >= 15 is 0 Å². The summed E-state index contributed by atoms with van der Waals surface area (Å²) in [5.41, 5.74) is 1.42. The smallest absolute Gasteiger partial charge is 0.118 e. The molecular formula is C19H29NO. The van der Waals surface area contributed by atoms with Gasteiger partial charge in [0.05, 0.1) is 7.11 Å².